The Hall–Kier alpha value is -4.57. The molecule has 204 valence electrons. The average molecular weight is 558 g/mol. The lowest BCUT2D eigenvalue weighted by Gasteiger charge is -2.22. The topological polar surface area (TPSA) is 123 Å². The summed E-state index contributed by atoms with van der Waals surface area (Å²) in [6.07, 6.45) is 1.81. The van der Waals surface area contributed by atoms with E-state index in [0.717, 1.165) is 28.7 Å². The number of nitrogens with zero attached hydrogens (tertiary/aromatic N) is 3. The van der Waals surface area contributed by atoms with Crippen LogP contribution in [0.2, 0.25) is 0 Å². The molecular formula is C30H27N3O6S. The number of anilines is 1. The molecule has 1 fully saturated rings. The number of amides is 1. The summed E-state index contributed by atoms with van der Waals surface area (Å²) in [6, 6.07) is 15.2. The predicted octanol–water partition coefficient (Wildman–Crippen LogP) is 6.63. The van der Waals surface area contributed by atoms with E-state index in [4.69, 9.17) is 4.74 Å². The first-order valence-electron chi connectivity index (χ1n) is 12.9. The monoisotopic (exact) mass is 557 g/mol. The van der Waals surface area contributed by atoms with Crippen LogP contribution in [0, 0.1) is 24.0 Å². The lowest BCUT2D eigenvalue weighted by Crippen LogP contribution is -2.29. The zero-order valence-corrected chi connectivity index (χ0v) is 23.0. The number of ketones is 1. The fraction of sp³-hybridized carbons (Fsp3) is 0.233. The fourth-order valence-corrected chi connectivity index (χ4v) is 6.01. The van der Waals surface area contributed by atoms with Crippen molar-refractivity contribution in [1.82, 2.24) is 4.98 Å². The molecule has 1 aliphatic heterocycles. The van der Waals surface area contributed by atoms with Gasteiger partial charge in [-0.3, -0.25) is 24.6 Å². The summed E-state index contributed by atoms with van der Waals surface area (Å²) in [6.45, 7) is 6.42. The van der Waals surface area contributed by atoms with Crippen molar-refractivity contribution >= 4 is 49.8 Å². The number of aliphatic hydroxyl groups excluding tert-OH is 1. The number of Topliss-reactive ketones (excluding diaryl/α,β-unsaturated/α-hetero) is 1. The Bertz CT molecular complexity index is 1690. The second-order valence-electron chi connectivity index (χ2n) is 9.68. The van der Waals surface area contributed by atoms with Crippen LogP contribution in [0.5, 0.6) is 5.75 Å². The van der Waals surface area contributed by atoms with Gasteiger partial charge in [-0.15, -0.1) is 0 Å². The van der Waals surface area contributed by atoms with Crippen LogP contribution in [0.25, 0.3) is 16.0 Å². The number of hydrogen-bond acceptors (Lipinski definition) is 8. The number of nitro groups is 1. The number of fused-ring (bicyclic) bond motifs is 1. The van der Waals surface area contributed by atoms with Gasteiger partial charge in [0.25, 0.3) is 11.5 Å². The number of aromatic nitrogens is 1. The summed E-state index contributed by atoms with van der Waals surface area (Å²) in [5.74, 6) is -1.66. The molecule has 3 aromatic carbocycles. The third-order valence-corrected chi connectivity index (χ3v) is 7.74. The summed E-state index contributed by atoms with van der Waals surface area (Å²) < 4.78 is 6.60. The highest BCUT2D eigenvalue weighted by molar-refractivity contribution is 7.22. The minimum Gasteiger partial charge on any atom is -0.507 e. The van der Waals surface area contributed by atoms with Gasteiger partial charge in [-0.05, 0) is 55.2 Å². The zero-order valence-electron chi connectivity index (χ0n) is 22.2. The molecule has 4 aromatic rings. The van der Waals surface area contributed by atoms with E-state index < -0.39 is 28.4 Å². The predicted molar refractivity (Wildman–Crippen MR) is 154 cm³/mol. The molecule has 40 heavy (non-hydrogen) atoms. The fourth-order valence-electron chi connectivity index (χ4n) is 4.84. The maximum atomic E-state index is 13.6. The number of ether oxygens (including phenoxy) is 1. The number of benzene rings is 3. The summed E-state index contributed by atoms with van der Waals surface area (Å²) >= 11 is 1.24. The van der Waals surface area contributed by atoms with Crippen LogP contribution in [-0.4, -0.2) is 33.3 Å². The van der Waals surface area contributed by atoms with Crippen molar-refractivity contribution in [3.63, 3.8) is 0 Å². The van der Waals surface area contributed by atoms with Crippen molar-refractivity contribution < 1.29 is 24.4 Å². The lowest BCUT2D eigenvalue weighted by molar-refractivity contribution is -0.384. The van der Waals surface area contributed by atoms with E-state index in [1.807, 2.05) is 32.9 Å². The van der Waals surface area contributed by atoms with E-state index in [0.29, 0.717) is 23.4 Å². The third-order valence-electron chi connectivity index (χ3n) is 6.74. The normalized spacial score (nSPS) is 16.6. The van der Waals surface area contributed by atoms with Crippen LogP contribution >= 0.6 is 11.3 Å². The Balaban J connectivity index is 1.69. The largest absolute Gasteiger partial charge is 0.507 e. The highest BCUT2D eigenvalue weighted by atomic mass is 32.1. The number of thiazole rings is 1. The first kappa shape index (κ1) is 27.0. The molecule has 0 spiro atoms. The molecule has 2 heterocycles. The molecule has 0 radical (unpaired) electrons. The number of non-ortho nitro benzene ring substituents is 1. The van der Waals surface area contributed by atoms with Gasteiger partial charge < -0.3 is 9.84 Å². The molecule has 1 aliphatic rings. The number of hydrogen-bond donors (Lipinski definition) is 1. The molecule has 1 amide bonds. The molecule has 9 nitrogen and oxygen atoms in total. The van der Waals surface area contributed by atoms with Crippen LogP contribution in [0.1, 0.15) is 48.1 Å². The molecule has 1 aromatic heterocycles. The molecule has 1 unspecified atom stereocenters. The van der Waals surface area contributed by atoms with Gasteiger partial charge in [-0.2, -0.15) is 0 Å². The van der Waals surface area contributed by atoms with Crippen LogP contribution in [0.3, 0.4) is 0 Å². The Morgan fingerprint density at radius 2 is 1.90 bits per heavy atom. The number of aryl methyl sites for hydroxylation is 2. The summed E-state index contributed by atoms with van der Waals surface area (Å²) in [7, 11) is 0. The number of nitro benzene ring substituents is 1. The van der Waals surface area contributed by atoms with Crippen molar-refractivity contribution in [3.8, 4) is 5.75 Å². The molecule has 1 atom stereocenters. The Morgan fingerprint density at radius 3 is 2.65 bits per heavy atom. The van der Waals surface area contributed by atoms with Crippen LogP contribution in [0.4, 0.5) is 10.8 Å². The number of carbonyl (C=O) groups is 2. The smallest absolute Gasteiger partial charge is 0.301 e. The molecule has 0 bridgehead atoms. The Morgan fingerprint density at radius 1 is 1.12 bits per heavy atom. The highest BCUT2D eigenvalue weighted by Crippen LogP contribution is 2.45. The van der Waals surface area contributed by atoms with Crippen molar-refractivity contribution in [1.29, 1.82) is 0 Å². The maximum Gasteiger partial charge on any atom is 0.301 e. The van der Waals surface area contributed by atoms with Gasteiger partial charge in [0, 0.05) is 17.7 Å². The van der Waals surface area contributed by atoms with E-state index in [-0.39, 0.29) is 22.0 Å². The van der Waals surface area contributed by atoms with Crippen LogP contribution in [0.15, 0.2) is 66.2 Å². The van der Waals surface area contributed by atoms with E-state index in [9.17, 15) is 24.8 Å². The number of aliphatic hydroxyl groups is 1. The van der Waals surface area contributed by atoms with E-state index in [2.05, 4.69) is 4.98 Å². The lowest BCUT2D eigenvalue weighted by atomic mass is 9.95. The third kappa shape index (κ3) is 4.93. The molecule has 0 saturated carbocycles. The SMILES string of the molecule is CCCCOc1cccc(/C(O)=C2\C(=O)C(=O)N(c3nc4c(C)cc(C)cc4s3)C2c2cccc([N+](=O)[O-])c2)c1. The molecule has 1 saturated heterocycles. The van der Waals surface area contributed by atoms with Gasteiger partial charge in [0.2, 0.25) is 0 Å². The summed E-state index contributed by atoms with van der Waals surface area (Å²) in [5, 5.41) is 23.3. The Kier molecular flexibility index (Phi) is 7.36. The van der Waals surface area contributed by atoms with Gasteiger partial charge in [-0.1, -0.05) is 55.0 Å². The zero-order chi connectivity index (χ0) is 28.6. The number of unbranched alkanes of at least 4 members (excludes halogenated alkanes) is 1. The molecule has 0 aliphatic carbocycles. The van der Waals surface area contributed by atoms with E-state index in [1.165, 1.54) is 34.4 Å². The minimum absolute atomic E-state index is 0.177. The minimum atomic E-state index is -1.13. The van der Waals surface area contributed by atoms with Gasteiger partial charge >= 0.3 is 5.91 Å². The quantitative estimate of drug-likeness (QED) is 0.0644. The molecule has 10 heteroatoms. The van der Waals surface area contributed by atoms with Crippen LogP contribution < -0.4 is 9.64 Å². The summed E-state index contributed by atoms with van der Waals surface area (Å²) in [5.41, 5.74) is 2.85. The average Bonchev–Trinajstić information content (AvgIpc) is 3.47. The number of carbonyl (C=O) groups excluding carboxylic acids is 2. The first-order valence-corrected chi connectivity index (χ1v) is 13.7. The van der Waals surface area contributed by atoms with Gasteiger partial charge in [0.15, 0.2) is 5.13 Å². The van der Waals surface area contributed by atoms with E-state index >= 15 is 0 Å². The van der Waals surface area contributed by atoms with Gasteiger partial charge in [-0.25, -0.2) is 4.98 Å². The van der Waals surface area contributed by atoms with Crippen molar-refractivity contribution in [2.45, 2.75) is 39.7 Å². The van der Waals surface area contributed by atoms with Crippen molar-refractivity contribution in [2.75, 3.05) is 11.5 Å². The Labute approximate surface area is 234 Å². The van der Waals surface area contributed by atoms with E-state index in [1.54, 1.807) is 30.3 Å². The molecular weight excluding hydrogens is 530 g/mol. The van der Waals surface area contributed by atoms with Gasteiger partial charge in [0.1, 0.15) is 11.5 Å². The first-order chi connectivity index (χ1) is 19.2. The highest BCUT2D eigenvalue weighted by Gasteiger charge is 2.48. The van der Waals surface area contributed by atoms with Gasteiger partial charge in [0.05, 0.1) is 33.4 Å². The second kappa shape index (κ2) is 10.9. The second-order valence-corrected chi connectivity index (χ2v) is 10.7. The van der Waals surface area contributed by atoms with Crippen molar-refractivity contribution in [2.24, 2.45) is 0 Å². The van der Waals surface area contributed by atoms with Crippen molar-refractivity contribution in [3.05, 3.63) is 98.6 Å². The number of rotatable bonds is 8. The van der Waals surface area contributed by atoms with Crippen LogP contribution in [-0.2, 0) is 9.59 Å². The maximum absolute atomic E-state index is 13.6. The summed E-state index contributed by atoms with van der Waals surface area (Å²) in [4.78, 5) is 44.1. The molecule has 1 N–H and O–H groups in total. The standard InChI is InChI=1S/C30H27N3O6S/c1-4-5-12-39-22-11-7-9-20(16-22)27(34)24-26(19-8-6-10-21(15-19)33(37)38)32(29(36)28(24)35)30-31-25-18(3)13-17(2)14-23(25)40-30/h6-11,13-16,26,34H,4-5,12H2,1-3H3/b27-24+. The molecule has 5 rings (SSSR count).